The van der Waals surface area contributed by atoms with Crippen molar-refractivity contribution >= 4 is 28.3 Å². The number of aromatic nitrogens is 4. The quantitative estimate of drug-likeness (QED) is 0.656. The van der Waals surface area contributed by atoms with Crippen molar-refractivity contribution in [3.63, 3.8) is 0 Å². The number of nitrogen functional groups attached to an aromatic ring is 1. The minimum absolute atomic E-state index is 0.0401. The van der Waals surface area contributed by atoms with Crippen molar-refractivity contribution in [2.45, 2.75) is 6.92 Å². The average molecular weight is 243 g/mol. The number of hydrogen-bond acceptors (Lipinski definition) is 5. The van der Waals surface area contributed by atoms with Crippen LogP contribution in [0.4, 0.5) is 5.82 Å². The van der Waals surface area contributed by atoms with E-state index in [-0.39, 0.29) is 5.69 Å². The van der Waals surface area contributed by atoms with Crippen molar-refractivity contribution in [1.82, 2.24) is 19.4 Å². The van der Waals surface area contributed by atoms with Crippen LogP contribution in [0, 0.1) is 6.92 Å². The van der Waals surface area contributed by atoms with Gasteiger partial charge in [0.15, 0.2) is 5.82 Å². The number of fused-ring (bicyclic) bond motifs is 3. The monoisotopic (exact) mass is 243 g/mol. The highest BCUT2D eigenvalue weighted by Crippen LogP contribution is 2.21. The van der Waals surface area contributed by atoms with Gasteiger partial charge in [-0.2, -0.15) is 0 Å². The van der Waals surface area contributed by atoms with Crippen molar-refractivity contribution in [1.29, 1.82) is 0 Å². The van der Waals surface area contributed by atoms with Crippen molar-refractivity contribution in [2.75, 3.05) is 5.73 Å². The summed E-state index contributed by atoms with van der Waals surface area (Å²) in [5.41, 5.74) is 8.39. The Labute approximate surface area is 101 Å². The zero-order valence-electron chi connectivity index (χ0n) is 9.45. The summed E-state index contributed by atoms with van der Waals surface area (Å²) in [5, 5.41) is 8.94. The second-order valence-corrected chi connectivity index (χ2v) is 3.91. The van der Waals surface area contributed by atoms with Gasteiger partial charge in [0.1, 0.15) is 23.1 Å². The molecule has 3 aromatic heterocycles. The fourth-order valence-corrected chi connectivity index (χ4v) is 1.95. The van der Waals surface area contributed by atoms with Gasteiger partial charge in [0.2, 0.25) is 0 Å². The summed E-state index contributed by atoms with van der Waals surface area (Å²) in [7, 11) is 0. The summed E-state index contributed by atoms with van der Waals surface area (Å²) >= 11 is 0. The molecule has 7 nitrogen and oxygen atoms in total. The average Bonchev–Trinajstić information content (AvgIpc) is 2.72. The third-order valence-electron chi connectivity index (χ3n) is 2.77. The van der Waals surface area contributed by atoms with Crippen LogP contribution in [-0.4, -0.2) is 30.4 Å². The molecule has 0 atom stereocenters. The van der Waals surface area contributed by atoms with Crippen molar-refractivity contribution < 1.29 is 9.90 Å². The van der Waals surface area contributed by atoms with Gasteiger partial charge in [-0.1, -0.05) is 0 Å². The van der Waals surface area contributed by atoms with E-state index < -0.39 is 5.97 Å². The van der Waals surface area contributed by atoms with E-state index in [4.69, 9.17) is 10.8 Å². The summed E-state index contributed by atoms with van der Waals surface area (Å²) < 4.78 is 1.72. The molecule has 0 bridgehead atoms. The van der Waals surface area contributed by atoms with Crippen LogP contribution in [0.5, 0.6) is 0 Å². The Morgan fingerprint density at radius 3 is 2.94 bits per heavy atom. The Hall–Kier alpha value is -2.70. The van der Waals surface area contributed by atoms with Crippen LogP contribution in [0.3, 0.4) is 0 Å². The van der Waals surface area contributed by atoms with Crippen molar-refractivity contribution in [3.8, 4) is 0 Å². The Bertz CT molecular complexity index is 793. The maximum atomic E-state index is 10.9. The molecule has 0 spiro atoms. The molecule has 0 aliphatic heterocycles. The summed E-state index contributed by atoms with van der Waals surface area (Å²) in [4.78, 5) is 23.1. The highest BCUT2D eigenvalue weighted by Gasteiger charge is 2.12. The zero-order chi connectivity index (χ0) is 12.9. The van der Waals surface area contributed by atoms with Crippen LogP contribution >= 0.6 is 0 Å². The molecule has 90 valence electrons. The molecule has 0 saturated heterocycles. The molecule has 0 saturated carbocycles. The number of nitrogens with zero attached hydrogens (tertiary/aromatic N) is 4. The van der Waals surface area contributed by atoms with Gasteiger partial charge in [-0.3, -0.25) is 4.40 Å². The van der Waals surface area contributed by atoms with Gasteiger partial charge in [-0.25, -0.2) is 19.7 Å². The minimum Gasteiger partial charge on any atom is -0.477 e. The number of carboxylic acid groups (broad SMARTS) is 1. The predicted octanol–water partition coefficient (Wildman–Crippen LogP) is 0.866. The first-order chi connectivity index (χ1) is 8.58. The number of imidazole rings is 1. The Balaban J connectivity index is 2.50. The lowest BCUT2D eigenvalue weighted by molar-refractivity contribution is 0.0690. The second kappa shape index (κ2) is 3.39. The summed E-state index contributed by atoms with van der Waals surface area (Å²) in [6, 6.07) is 1.46. The van der Waals surface area contributed by atoms with Crippen molar-refractivity contribution in [2.24, 2.45) is 0 Å². The normalized spacial score (nSPS) is 11.2. The number of pyridine rings is 1. The molecular formula is C11H9N5O2. The number of aryl methyl sites for hydroxylation is 1. The Kier molecular flexibility index (Phi) is 1.97. The van der Waals surface area contributed by atoms with Crippen molar-refractivity contribution in [3.05, 3.63) is 30.0 Å². The van der Waals surface area contributed by atoms with E-state index in [1.165, 1.54) is 12.3 Å². The first-order valence-electron chi connectivity index (χ1n) is 5.20. The van der Waals surface area contributed by atoms with E-state index in [1.807, 2.05) is 6.92 Å². The number of carbonyl (C=O) groups is 1. The maximum absolute atomic E-state index is 10.9. The summed E-state index contributed by atoms with van der Waals surface area (Å²) in [5.74, 6) is -0.735. The van der Waals surface area contributed by atoms with Gasteiger partial charge < -0.3 is 10.8 Å². The lowest BCUT2D eigenvalue weighted by Gasteiger charge is -2.05. The summed E-state index contributed by atoms with van der Waals surface area (Å²) in [6.07, 6.45) is 2.99. The van der Waals surface area contributed by atoms with E-state index in [0.29, 0.717) is 22.4 Å². The smallest absolute Gasteiger partial charge is 0.354 e. The van der Waals surface area contributed by atoms with E-state index in [2.05, 4.69) is 15.0 Å². The SMILES string of the molecule is Cc1ncn2c1c(N)nc1cnc(C(=O)O)cc12. The summed E-state index contributed by atoms with van der Waals surface area (Å²) in [6.45, 7) is 1.82. The largest absolute Gasteiger partial charge is 0.477 e. The molecule has 3 rings (SSSR count). The van der Waals surface area contributed by atoms with E-state index in [1.54, 1.807) is 10.7 Å². The molecule has 0 amide bonds. The van der Waals surface area contributed by atoms with E-state index >= 15 is 0 Å². The molecule has 18 heavy (non-hydrogen) atoms. The molecule has 3 heterocycles. The van der Waals surface area contributed by atoms with Crippen LogP contribution in [0.25, 0.3) is 16.6 Å². The molecule has 3 aromatic rings. The minimum atomic E-state index is -1.08. The number of nitrogens with two attached hydrogens (primary N) is 1. The van der Waals surface area contributed by atoms with Crippen LogP contribution < -0.4 is 5.73 Å². The van der Waals surface area contributed by atoms with Gasteiger partial charge in [-0.05, 0) is 13.0 Å². The number of rotatable bonds is 1. The molecule has 0 aliphatic carbocycles. The van der Waals surface area contributed by atoms with Gasteiger partial charge >= 0.3 is 5.97 Å². The standard InChI is InChI=1S/C11H9N5O2/c1-5-9-10(12)15-7-3-13-6(11(17)18)2-8(7)16(9)4-14-5/h2-4H,1H3,(H2,12,15)(H,17,18). The molecular weight excluding hydrogens is 234 g/mol. The van der Waals surface area contributed by atoms with Gasteiger partial charge in [0.05, 0.1) is 17.4 Å². The molecule has 7 heteroatoms. The maximum Gasteiger partial charge on any atom is 0.354 e. The van der Waals surface area contributed by atoms with E-state index in [0.717, 1.165) is 5.69 Å². The fourth-order valence-electron chi connectivity index (χ4n) is 1.95. The second-order valence-electron chi connectivity index (χ2n) is 3.91. The molecule has 0 fully saturated rings. The highest BCUT2D eigenvalue weighted by molar-refractivity contribution is 5.91. The molecule has 0 radical (unpaired) electrons. The third kappa shape index (κ3) is 1.30. The number of anilines is 1. The van der Waals surface area contributed by atoms with Crippen LogP contribution in [-0.2, 0) is 0 Å². The predicted molar refractivity (Wildman–Crippen MR) is 64.4 cm³/mol. The molecule has 0 unspecified atom stereocenters. The topological polar surface area (TPSA) is 106 Å². The first kappa shape index (κ1) is 10.5. The molecule has 3 N–H and O–H groups in total. The Morgan fingerprint density at radius 2 is 2.22 bits per heavy atom. The van der Waals surface area contributed by atoms with E-state index in [9.17, 15) is 4.79 Å². The first-order valence-corrected chi connectivity index (χ1v) is 5.20. The fraction of sp³-hybridized carbons (Fsp3) is 0.0909. The van der Waals surface area contributed by atoms with Crippen LogP contribution in [0.15, 0.2) is 18.6 Å². The third-order valence-corrected chi connectivity index (χ3v) is 2.77. The molecule has 0 aromatic carbocycles. The van der Waals surface area contributed by atoms with Crippen LogP contribution in [0.1, 0.15) is 16.2 Å². The highest BCUT2D eigenvalue weighted by atomic mass is 16.4. The van der Waals surface area contributed by atoms with Crippen LogP contribution in [0.2, 0.25) is 0 Å². The zero-order valence-corrected chi connectivity index (χ0v) is 9.45. The Morgan fingerprint density at radius 1 is 1.44 bits per heavy atom. The van der Waals surface area contributed by atoms with Gasteiger partial charge in [0, 0.05) is 0 Å². The van der Waals surface area contributed by atoms with Gasteiger partial charge in [-0.15, -0.1) is 0 Å². The number of carboxylic acids is 1. The van der Waals surface area contributed by atoms with Gasteiger partial charge in [0.25, 0.3) is 0 Å². The molecule has 0 aliphatic rings. The number of aromatic carboxylic acids is 1. The lowest BCUT2D eigenvalue weighted by atomic mass is 10.3. The lowest BCUT2D eigenvalue weighted by Crippen LogP contribution is -2.03. The number of hydrogen-bond donors (Lipinski definition) is 2.